The molecule has 1 saturated carbocycles. The molecule has 1 aliphatic carbocycles. The third-order valence-corrected chi connectivity index (χ3v) is 8.52. The number of rotatable bonds is 8. The van der Waals surface area contributed by atoms with Crippen molar-refractivity contribution < 1.29 is 19.1 Å². The third-order valence-electron chi connectivity index (χ3n) is 8.08. The molecule has 4 aromatic heterocycles. The second kappa shape index (κ2) is 10.6. The van der Waals surface area contributed by atoms with E-state index < -0.39 is 6.04 Å². The number of halogens is 1. The first-order chi connectivity index (χ1) is 20.1. The zero-order chi connectivity index (χ0) is 29.8. The zero-order valence-electron chi connectivity index (χ0n) is 23.6. The van der Waals surface area contributed by atoms with Gasteiger partial charge in [0, 0.05) is 48.8 Å². The van der Waals surface area contributed by atoms with Crippen molar-refractivity contribution in [1.29, 1.82) is 0 Å². The number of carbonyl (C=O) groups excluding carboxylic acids is 3. The van der Waals surface area contributed by atoms with Crippen LogP contribution in [0.1, 0.15) is 41.6 Å². The van der Waals surface area contributed by atoms with Gasteiger partial charge in [-0.15, -0.1) is 0 Å². The number of anilines is 1. The number of ether oxygens (including phenoxy) is 1. The summed E-state index contributed by atoms with van der Waals surface area (Å²) in [5, 5.41) is 8.00. The summed E-state index contributed by atoms with van der Waals surface area (Å²) in [6.45, 7) is 5.38. The minimum Gasteiger partial charge on any atom is -0.384 e. The van der Waals surface area contributed by atoms with E-state index in [0.717, 1.165) is 12.0 Å². The fourth-order valence-electron chi connectivity index (χ4n) is 5.88. The van der Waals surface area contributed by atoms with Crippen LogP contribution in [0.25, 0.3) is 22.2 Å². The molecule has 0 unspecified atom stereocenters. The Morgan fingerprint density at radius 2 is 1.88 bits per heavy atom. The van der Waals surface area contributed by atoms with Gasteiger partial charge in [0.25, 0.3) is 0 Å². The van der Waals surface area contributed by atoms with Crippen LogP contribution in [-0.4, -0.2) is 78.0 Å². The third kappa shape index (κ3) is 4.96. The molecule has 3 atom stereocenters. The summed E-state index contributed by atoms with van der Waals surface area (Å²) in [6.07, 6.45) is 6.18. The molecule has 2 amide bonds. The summed E-state index contributed by atoms with van der Waals surface area (Å²) in [4.78, 5) is 59.1. The Morgan fingerprint density at radius 1 is 1.12 bits per heavy atom. The smallest absolute Gasteiger partial charge is 0.248 e. The number of likely N-dealkylation sites (tertiary alicyclic amines) is 1. The van der Waals surface area contributed by atoms with Gasteiger partial charge in [-0.3, -0.25) is 24.0 Å². The van der Waals surface area contributed by atoms with Crippen molar-refractivity contribution in [2.75, 3.05) is 19.0 Å². The molecular formula is C29H29BrN8O4. The van der Waals surface area contributed by atoms with Gasteiger partial charge in [-0.1, -0.05) is 6.07 Å². The fraction of sp³-hybridized carbons (Fsp3) is 0.379. The maximum atomic E-state index is 13.9. The molecular weight excluding hydrogens is 604 g/mol. The Morgan fingerprint density at radius 3 is 2.60 bits per heavy atom. The topological polar surface area (TPSA) is 145 Å². The van der Waals surface area contributed by atoms with E-state index in [1.807, 2.05) is 13.0 Å². The van der Waals surface area contributed by atoms with Crippen LogP contribution in [0.3, 0.4) is 0 Å². The van der Waals surface area contributed by atoms with E-state index in [1.165, 1.54) is 11.6 Å². The monoisotopic (exact) mass is 632 g/mol. The number of piperidine rings is 1. The summed E-state index contributed by atoms with van der Waals surface area (Å²) < 4.78 is 7.57. The molecule has 0 aromatic carbocycles. The maximum absolute atomic E-state index is 13.9. The van der Waals surface area contributed by atoms with E-state index in [9.17, 15) is 14.4 Å². The largest absolute Gasteiger partial charge is 0.384 e. The van der Waals surface area contributed by atoms with Gasteiger partial charge in [-0.05, 0) is 60.3 Å². The normalized spacial score (nSPS) is 20.9. The van der Waals surface area contributed by atoms with Gasteiger partial charge in [0.05, 0.1) is 24.0 Å². The van der Waals surface area contributed by atoms with Crippen LogP contribution in [-0.2, 0) is 20.9 Å². The number of ketones is 1. The van der Waals surface area contributed by atoms with Gasteiger partial charge < -0.3 is 15.0 Å². The van der Waals surface area contributed by atoms with Gasteiger partial charge in [-0.25, -0.2) is 15.0 Å². The minimum atomic E-state index is -0.702. The highest BCUT2D eigenvalue weighted by molar-refractivity contribution is 9.10. The zero-order valence-corrected chi connectivity index (χ0v) is 25.2. The average molecular weight is 634 g/mol. The van der Waals surface area contributed by atoms with Crippen molar-refractivity contribution in [3.8, 4) is 11.3 Å². The molecule has 1 N–H and O–H groups in total. The number of Topliss-reactive ketones (excluding diaryl/α,β-unsaturated/α-hetero) is 1. The summed E-state index contributed by atoms with van der Waals surface area (Å²) in [6, 6.07) is 4.59. The van der Waals surface area contributed by atoms with Crippen molar-refractivity contribution >= 4 is 50.2 Å². The van der Waals surface area contributed by atoms with Crippen LogP contribution < -0.4 is 5.32 Å². The quantitative estimate of drug-likeness (QED) is 0.228. The van der Waals surface area contributed by atoms with Crippen molar-refractivity contribution in [1.82, 2.24) is 34.6 Å². The Labute approximate surface area is 250 Å². The lowest BCUT2D eigenvalue weighted by Gasteiger charge is -2.27. The van der Waals surface area contributed by atoms with E-state index in [2.05, 4.69) is 46.3 Å². The number of pyridine rings is 2. The second-order valence-corrected chi connectivity index (χ2v) is 11.8. The molecule has 0 bridgehead atoms. The van der Waals surface area contributed by atoms with Crippen LogP contribution in [0.2, 0.25) is 0 Å². The number of carbonyl (C=O) groups is 3. The Hall–Kier alpha value is -4.10. The molecule has 0 spiro atoms. The molecule has 2 fully saturated rings. The van der Waals surface area contributed by atoms with Crippen molar-refractivity contribution in [2.45, 2.75) is 52.2 Å². The lowest BCUT2D eigenvalue weighted by molar-refractivity contribution is -0.138. The summed E-state index contributed by atoms with van der Waals surface area (Å²) in [5.41, 5.74) is 2.61. The SMILES string of the molecule is COC[C@@]12C[C@@H](C(=O)Nc3nc(Br)ccc3C)N(C(=O)Cn3nc(C(C)=O)c4cc(-c5cnc(C)nc5)ncc43)[C@@H]1C2. The Bertz CT molecular complexity index is 1740. The molecule has 1 saturated heterocycles. The van der Waals surface area contributed by atoms with E-state index in [-0.39, 0.29) is 41.3 Å². The highest BCUT2D eigenvalue weighted by Crippen LogP contribution is 2.59. The Balaban J connectivity index is 1.30. The van der Waals surface area contributed by atoms with Crippen LogP contribution in [0.15, 0.2) is 41.4 Å². The standard InChI is InChI=1S/C29H29BrN8O4/c1-15-5-6-24(30)34-27(15)35-28(41)21-8-29(14-42-4)9-23(29)38(21)25(40)13-37-22-12-33-20(18-10-31-17(3)32-11-18)7-19(22)26(36-37)16(2)39/h5-7,10-12,21,23H,8-9,13-14H2,1-4H3,(H,34,35,41)/t21-,23+,29-/m0/s1. The van der Waals surface area contributed by atoms with E-state index in [0.29, 0.717) is 51.4 Å². The van der Waals surface area contributed by atoms with E-state index in [1.54, 1.807) is 49.7 Å². The summed E-state index contributed by atoms with van der Waals surface area (Å²) >= 11 is 3.35. The first-order valence-electron chi connectivity index (χ1n) is 13.5. The lowest BCUT2D eigenvalue weighted by atomic mass is 10.00. The van der Waals surface area contributed by atoms with Crippen LogP contribution in [0.5, 0.6) is 0 Å². The molecule has 6 rings (SSSR count). The Kier molecular flexibility index (Phi) is 7.09. The molecule has 12 nitrogen and oxygen atoms in total. The van der Waals surface area contributed by atoms with Crippen LogP contribution in [0, 0.1) is 19.3 Å². The number of aromatic nitrogens is 6. The predicted molar refractivity (Wildman–Crippen MR) is 157 cm³/mol. The molecule has 42 heavy (non-hydrogen) atoms. The van der Waals surface area contributed by atoms with Crippen LogP contribution >= 0.6 is 15.9 Å². The average Bonchev–Trinajstić information content (AvgIpc) is 3.36. The molecule has 13 heteroatoms. The van der Waals surface area contributed by atoms with Gasteiger partial charge in [0.1, 0.15) is 34.5 Å². The highest BCUT2D eigenvalue weighted by Gasteiger charge is 2.67. The van der Waals surface area contributed by atoms with Gasteiger partial charge in [0.15, 0.2) is 5.78 Å². The maximum Gasteiger partial charge on any atom is 0.248 e. The molecule has 2 aliphatic rings. The fourth-order valence-corrected chi connectivity index (χ4v) is 6.19. The first kappa shape index (κ1) is 28.0. The first-order valence-corrected chi connectivity index (χ1v) is 14.3. The number of nitrogens with one attached hydrogen (secondary N) is 1. The second-order valence-electron chi connectivity index (χ2n) is 11.0. The highest BCUT2D eigenvalue weighted by atomic mass is 79.9. The molecule has 4 aromatic rings. The van der Waals surface area contributed by atoms with Crippen molar-refractivity contribution in [3.05, 3.63) is 58.5 Å². The number of methoxy groups -OCH3 is 1. The van der Waals surface area contributed by atoms with Crippen molar-refractivity contribution in [2.24, 2.45) is 5.41 Å². The predicted octanol–water partition coefficient (Wildman–Crippen LogP) is 3.51. The van der Waals surface area contributed by atoms with Crippen LogP contribution in [0.4, 0.5) is 5.82 Å². The number of fused-ring (bicyclic) bond motifs is 2. The summed E-state index contributed by atoms with van der Waals surface area (Å²) in [7, 11) is 1.63. The molecule has 5 heterocycles. The van der Waals surface area contributed by atoms with E-state index in [4.69, 9.17) is 4.74 Å². The molecule has 1 aliphatic heterocycles. The minimum absolute atomic E-state index is 0.127. The van der Waals surface area contributed by atoms with E-state index >= 15 is 0 Å². The number of amides is 2. The summed E-state index contributed by atoms with van der Waals surface area (Å²) in [5.74, 6) is 0.261. The molecule has 216 valence electrons. The van der Waals surface area contributed by atoms with Crippen molar-refractivity contribution in [3.63, 3.8) is 0 Å². The number of nitrogens with zero attached hydrogens (tertiary/aromatic N) is 7. The molecule has 0 radical (unpaired) electrons. The van der Waals surface area contributed by atoms with Gasteiger partial charge >= 0.3 is 0 Å². The number of aryl methyl sites for hydroxylation is 2. The number of hydrogen-bond donors (Lipinski definition) is 1. The van der Waals surface area contributed by atoms with Gasteiger partial charge in [0.2, 0.25) is 11.8 Å². The van der Waals surface area contributed by atoms with Gasteiger partial charge in [-0.2, -0.15) is 5.10 Å². The lowest BCUT2D eigenvalue weighted by Crippen LogP contribution is -2.47. The number of hydrogen-bond acceptors (Lipinski definition) is 9.